The second-order valence-electron chi connectivity index (χ2n) is 3.48. The van der Waals surface area contributed by atoms with Crippen LogP contribution in [-0.2, 0) is 11.3 Å². The lowest BCUT2D eigenvalue weighted by molar-refractivity contribution is -0.384. The van der Waals surface area contributed by atoms with Crippen molar-refractivity contribution in [2.45, 2.75) is 6.61 Å². The molecule has 2 rings (SSSR count). The van der Waals surface area contributed by atoms with Crippen molar-refractivity contribution in [3.05, 3.63) is 62.3 Å². The van der Waals surface area contributed by atoms with Crippen molar-refractivity contribution in [1.82, 2.24) is 0 Å². The van der Waals surface area contributed by atoms with E-state index >= 15 is 0 Å². The molecule has 1 heterocycles. The number of thiophene rings is 1. The standard InChI is InChI=1S/C12H9NO4S/c14-12(11-2-1-7-18-11)17-8-9-3-5-10(6-4-9)13(15)16/h1-7H,8H2. The van der Waals surface area contributed by atoms with Gasteiger partial charge in [-0.05, 0) is 29.1 Å². The fraction of sp³-hybridized carbons (Fsp3) is 0.0833. The van der Waals surface area contributed by atoms with E-state index in [1.807, 2.05) is 0 Å². The first-order valence-electron chi connectivity index (χ1n) is 5.11. The van der Waals surface area contributed by atoms with Crippen LogP contribution in [0.3, 0.4) is 0 Å². The van der Waals surface area contributed by atoms with Gasteiger partial charge in [0.2, 0.25) is 0 Å². The molecule has 0 aliphatic rings. The van der Waals surface area contributed by atoms with Gasteiger partial charge in [0.15, 0.2) is 0 Å². The first kappa shape index (κ1) is 12.3. The van der Waals surface area contributed by atoms with Gasteiger partial charge in [-0.25, -0.2) is 4.79 Å². The normalized spacial score (nSPS) is 10.0. The molecule has 18 heavy (non-hydrogen) atoms. The molecule has 6 heteroatoms. The molecule has 5 nitrogen and oxygen atoms in total. The van der Waals surface area contributed by atoms with E-state index < -0.39 is 4.92 Å². The molecular weight excluding hydrogens is 254 g/mol. The zero-order valence-electron chi connectivity index (χ0n) is 9.24. The van der Waals surface area contributed by atoms with Crippen molar-refractivity contribution in [2.75, 3.05) is 0 Å². The topological polar surface area (TPSA) is 69.4 Å². The van der Waals surface area contributed by atoms with Crippen molar-refractivity contribution in [2.24, 2.45) is 0 Å². The van der Waals surface area contributed by atoms with Crippen molar-refractivity contribution in [1.29, 1.82) is 0 Å². The Morgan fingerprint density at radius 1 is 1.28 bits per heavy atom. The Kier molecular flexibility index (Phi) is 3.69. The highest BCUT2D eigenvalue weighted by molar-refractivity contribution is 7.11. The van der Waals surface area contributed by atoms with Gasteiger partial charge in [-0.3, -0.25) is 10.1 Å². The van der Waals surface area contributed by atoms with Crippen LogP contribution in [0.15, 0.2) is 41.8 Å². The highest BCUT2D eigenvalue weighted by atomic mass is 32.1. The molecule has 0 aliphatic heterocycles. The van der Waals surface area contributed by atoms with Gasteiger partial charge in [0.1, 0.15) is 11.5 Å². The highest BCUT2D eigenvalue weighted by Crippen LogP contribution is 2.14. The van der Waals surface area contributed by atoms with Crippen molar-refractivity contribution in [3.63, 3.8) is 0 Å². The van der Waals surface area contributed by atoms with Gasteiger partial charge >= 0.3 is 5.97 Å². The molecule has 0 radical (unpaired) electrons. The zero-order chi connectivity index (χ0) is 13.0. The minimum absolute atomic E-state index is 0.0170. The summed E-state index contributed by atoms with van der Waals surface area (Å²) >= 11 is 1.31. The predicted octanol–water partition coefficient (Wildman–Crippen LogP) is 3.01. The van der Waals surface area contributed by atoms with E-state index in [4.69, 9.17) is 4.74 Å². The Bertz CT molecular complexity index is 548. The number of benzene rings is 1. The number of nitro benzene ring substituents is 1. The monoisotopic (exact) mass is 263 g/mol. The second kappa shape index (κ2) is 5.42. The number of nitrogens with zero attached hydrogens (tertiary/aromatic N) is 1. The average Bonchev–Trinajstić information content (AvgIpc) is 2.90. The summed E-state index contributed by atoms with van der Waals surface area (Å²) in [5, 5.41) is 12.2. The van der Waals surface area contributed by atoms with E-state index in [-0.39, 0.29) is 18.3 Å². The first-order valence-corrected chi connectivity index (χ1v) is 5.99. The summed E-state index contributed by atoms with van der Waals surface area (Å²) in [5.74, 6) is -0.386. The fourth-order valence-electron chi connectivity index (χ4n) is 1.33. The molecule has 0 N–H and O–H groups in total. The lowest BCUT2D eigenvalue weighted by atomic mass is 10.2. The molecule has 0 spiro atoms. The van der Waals surface area contributed by atoms with Gasteiger partial charge in [0.25, 0.3) is 5.69 Å². The molecule has 1 aromatic carbocycles. The van der Waals surface area contributed by atoms with Crippen LogP contribution < -0.4 is 0 Å². The summed E-state index contributed by atoms with van der Waals surface area (Å²) in [6.45, 7) is 0.106. The Hall–Kier alpha value is -2.21. The third-order valence-electron chi connectivity index (χ3n) is 2.24. The number of hydrogen-bond acceptors (Lipinski definition) is 5. The molecule has 0 saturated carbocycles. The molecule has 0 aliphatic carbocycles. The van der Waals surface area contributed by atoms with E-state index in [2.05, 4.69) is 0 Å². The summed E-state index contributed by atoms with van der Waals surface area (Å²) in [6.07, 6.45) is 0. The van der Waals surface area contributed by atoms with Crippen LogP contribution in [0.5, 0.6) is 0 Å². The van der Waals surface area contributed by atoms with Crippen LogP contribution in [0.2, 0.25) is 0 Å². The zero-order valence-corrected chi connectivity index (χ0v) is 10.1. The molecule has 0 fully saturated rings. The van der Waals surface area contributed by atoms with Crippen LogP contribution >= 0.6 is 11.3 Å². The minimum atomic E-state index is -0.471. The van der Waals surface area contributed by atoms with Crippen LogP contribution in [0.4, 0.5) is 5.69 Å². The van der Waals surface area contributed by atoms with Crippen LogP contribution in [0.1, 0.15) is 15.2 Å². The molecule has 0 atom stereocenters. The number of hydrogen-bond donors (Lipinski definition) is 0. The molecule has 92 valence electrons. The second-order valence-corrected chi connectivity index (χ2v) is 4.42. The maximum Gasteiger partial charge on any atom is 0.348 e. The number of carbonyl (C=O) groups is 1. The Labute approximate surface area is 107 Å². The summed E-state index contributed by atoms with van der Waals surface area (Å²) in [7, 11) is 0. The van der Waals surface area contributed by atoms with Gasteiger partial charge in [-0.2, -0.15) is 0 Å². The van der Waals surface area contributed by atoms with E-state index in [0.29, 0.717) is 10.4 Å². The quantitative estimate of drug-likeness (QED) is 0.483. The third-order valence-corrected chi connectivity index (χ3v) is 3.09. The molecule has 1 aromatic heterocycles. The lowest BCUT2D eigenvalue weighted by Gasteiger charge is -2.03. The average molecular weight is 263 g/mol. The van der Waals surface area contributed by atoms with E-state index in [0.717, 1.165) is 0 Å². The number of ether oxygens (including phenoxy) is 1. The van der Waals surface area contributed by atoms with Crippen molar-refractivity contribution in [3.8, 4) is 0 Å². The van der Waals surface area contributed by atoms with Gasteiger partial charge in [0.05, 0.1) is 4.92 Å². The molecule has 2 aromatic rings. The van der Waals surface area contributed by atoms with Crippen molar-refractivity contribution >= 4 is 23.0 Å². The number of esters is 1. The maximum absolute atomic E-state index is 11.5. The molecule has 0 amide bonds. The van der Waals surface area contributed by atoms with Gasteiger partial charge in [0, 0.05) is 12.1 Å². The van der Waals surface area contributed by atoms with Crippen molar-refractivity contribution < 1.29 is 14.5 Å². The van der Waals surface area contributed by atoms with Crippen LogP contribution in [0, 0.1) is 10.1 Å². The fourth-order valence-corrected chi connectivity index (χ4v) is 1.94. The minimum Gasteiger partial charge on any atom is -0.457 e. The number of rotatable bonds is 4. The Balaban J connectivity index is 1.94. The van der Waals surface area contributed by atoms with E-state index in [1.165, 1.54) is 23.5 Å². The number of carbonyl (C=O) groups excluding carboxylic acids is 1. The smallest absolute Gasteiger partial charge is 0.348 e. The Morgan fingerprint density at radius 2 is 2.00 bits per heavy atom. The van der Waals surface area contributed by atoms with E-state index in [1.54, 1.807) is 29.6 Å². The highest BCUT2D eigenvalue weighted by Gasteiger charge is 2.09. The van der Waals surface area contributed by atoms with Gasteiger partial charge in [-0.15, -0.1) is 11.3 Å². The maximum atomic E-state index is 11.5. The number of nitro groups is 1. The predicted molar refractivity (Wildman–Crippen MR) is 66.5 cm³/mol. The lowest BCUT2D eigenvalue weighted by Crippen LogP contribution is -2.03. The number of non-ortho nitro benzene ring substituents is 1. The Morgan fingerprint density at radius 3 is 2.56 bits per heavy atom. The third kappa shape index (κ3) is 2.92. The largest absolute Gasteiger partial charge is 0.457 e. The van der Waals surface area contributed by atoms with E-state index in [9.17, 15) is 14.9 Å². The SMILES string of the molecule is O=C(OCc1ccc([N+](=O)[O-])cc1)c1cccs1. The van der Waals surface area contributed by atoms with Crippen LogP contribution in [0.25, 0.3) is 0 Å². The summed E-state index contributed by atoms with van der Waals surface area (Å²) in [6, 6.07) is 9.36. The van der Waals surface area contributed by atoms with Gasteiger partial charge < -0.3 is 4.74 Å². The molecule has 0 saturated heterocycles. The molecular formula is C12H9NO4S. The summed E-state index contributed by atoms with van der Waals surface area (Å²) in [5.41, 5.74) is 0.730. The molecule has 0 unspecified atom stereocenters. The summed E-state index contributed by atoms with van der Waals surface area (Å²) in [4.78, 5) is 22.1. The summed E-state index contributed by atoms with van der Waals surface area (Å²) < 4.78 is 5.07. The first-order chi connectivity index (χ1) is 8.66. The van der Waals surface area contributed by atoms with Gasteiger partial charge in [-0.1, -0.05) is 6.07 Å². The molecule has 0 bridgehead atoms. The van der Waals surface area contributed by atoms with Crippen LogP contribution in [-0.4, -0.2) is 10.9 Å².